The fourth-order valence-electron chi connectivity index (χ4n) is 1.88. The minimum absolute atomic E-state index is 0.283. The van der Waals surface area contributed by atoms with E-state index in [0.29, 0.717) is 6.54 Å². The van der Waals surface area contributed by atoms with Crippen LogP contribution in [-0.4, -0.2) is 57.5 Å². The molecule has 1 aliphatic rings. The fourth-order valence-corrected chi connectivity index (χ4v) is 2.30. The smallest absolute Gasteiger partial charge is 0.151 e. The standard InChI is InChI=1S/C11H24N2O2S/c1-11(16(2,14)15)10-12-6-9-13-7-4-3-5-8-13/h11-12H,3-10H2,1-2H3. The molecule has 1 heterocycles. The van der Waals surface area contributed by atoms with Gasteiger partial charge in [-0.15, -0.1) is 0 Å². The van der Waals surface area contributed by atoms with Gasteiger partial charge in [0.15, 0.2) is 9.84 Å². The highest BCUT2D eigenvalue weighted by Crippen LogP contribution is 2.07. The first kappa shape index (κ1) is 13.9. The first-order valence-corrected chi connectivity index (χ1v) is 8.07. The molecule has 1 N–H and O–H groups in total. The van der Waals surface area contributed by atoms with E-state index in [0.717, 1.165) is 13.1 Å². The Balaban J connectivity index is 2.07. The van der Waals surface area contributed by atoms with Crippen LogP contribution < -0.4 is 5.32 Å². The zero-order chi connectivity index (χ0) is 12.0. The van der Waals surface area contributed by atoms with Crippen LogP contribution in [0, 0.1) is 0 Å². The third kappa shape index (κ3) is 5.27. The Hall–Kier alpha value is -0.130. The van der Waals surface area contributed by atoms with Crippen molar-refractivity contribution >= 4 is 9.84 Å². The molecule has 96 valence electrons. The highest BCUT2D eigenvalue weighted by molar-refractivity contribution is 7.91. The van der Waals surface area contributed by atoms with Crippen LogP contribution >= 0.6 is 0 Å². The Bertz CT molecular complexity index is 284. The summed E-state index contributed by atoms with van der Waals surface area (Å²) in [6.45, 7) is 6.64. The van der Waals surface area contributed by atoms with Gasteiger partial charge in [-0.3, -0.25) is 0 Å². The molecule has 4 nitrogen and oxygen atoms in total. The number of hydrogen-bond acceptors (Lipinski definition) is 4. The quantitative estimate of drug-likeness (QED) is 0.695. The second-order valence-corrected chi connectivity index (χ2v) is 7.21. The highest BCUT2D eigenvalue weighted by atomic mass is 32.2. The lowest BCUT2D eigenvalue weighted by atomic mass is 10.1. The maximum atomic E-state index is 11.2. The molecule has 0 radical (unpaired) electrons. The summed E-state index contributed by atoms with van der Waals surface area (Å²) in [6.07, 6.45) is 5.26. The average molecular weight is 248 g/mol. The number of sulfone groups is 1. The molecule has 0 aromatic heterocycles. The van der Waals surface area contributed by atoms with Gasteiger partial charge in [-0.2, -0.15) is 0 Å². The van der Waals surface area contributed by atoms with Crippen LogP contribution in [0.2, 0.25) is 0 Å². The number of piperidine rings is 1. The van der Waals surface area contributed by atoms with Crippen molar-refractivity contribution in [2.75, 3.05) is 39.0 Å². The second-order valence-electron chi connectivity index (χ2n) is 4.75. The zero-order valence-electron chi connectivity index (χ0n) is 10.4. The molecule has 16 heavy (non-hydrogen) atoms. The monoisotopic (exact) mass is 248 g/mol. The predicted molar refractivity (Wildman–Crippen MR) is 67.5 cm³/mol. The molecule has 1 atom stereocenters. The van der Waals surface area contributed by atoms with Crippen molar-refractivity contribution in [3.63, 3.8) is 0 Å². The maximum Gasteiger partial charge on any atom is 0.151 e. The molecule has 0 aromatic rings. The van der Waals surface area contributed by atoms with Gasteiger partial charge < -0.3 is 10.2 Å². The van der Waals surface area contributed by atoms with E-state index in [-0.39, 0.29) is 5.25 Å². The molecular formula is C11H24N2O2S. The minimum atomic E-state index is -2.88. The number of nitrogens with one attached hydrogen (secondary N) is 1. The summed E-state index contributed by atoms with van der Waals surface area (Å²) in [5.74, 6) is 0. The molecule has 1 aliphatic heterocycles. The van der Waals surface area contributed by atoms with Crippen LogP contribution in [0.3, 0.4) is 0 Å². The Morgan fingerprint density at radius 1 is 1.25 bits per heavy atom. The summed E-state index contributed by atoms with van der Waals surface area (Å²) in [5, 5.41) is 2.93. The summed E-state index contributed by atoms with van der Waals surface area (Å²) >= 11 is 0. The Morgan fingerprint density at radius 2 is 1.88 bits per heavy atom. The lowest BCUT2D eigenvalue weighted by Gasteiger charge is -2.26. The third-order valence-electron chi connectivity index (χ3n) is 3.22. The first-order valence-electron chi connectivity index (χ1n) is 6.12. The van der Waals surface area contributed by atoms with Gasteiger partial charge >= 0.3 is 0 Å². The molecule has 0 amide bonds. The number of hydrogen-bond donors (Lipinski definition) is 1. The predicted octanol–water partition coefficient (Wildman–Crippen LogP) is 0.495. The second kappa shape index (κ2) is 6.57. The summed E-state index contributed by atoms with van der Waals surface area (Å²) in [6, 6.07) is 0. The van der Waals surface area contributed by atoms with Crippen LogP contribution in [0.25, 0.3) is 0 Å². The van der Waals surface area contributed by atoms with Crippen molar-refractivity contribution in [3.05, 3.63) is 0 Å². The van der Waals surface area contributed by atoms with Gasteiger partial charge in [0.1, 0.15) is 0 Å². The lowest BCUT2D eigenvalue weighted by Crippen LogP contribution is -2.38. The number of rotatable bonds is 6. The van der Waals surface area contributed by atoms with Crippen LogP contribution in [-0.2, 0) is 9.84 Å². The van der Waals surface area contributed by atoms with E-state index in [2.05, 4.69) is 10.2 Å². The highest BCUT2D eigenvalue weighted by Gasteiger charge is 2.14. The topological polar surface area (TPSA) is 49.4 Å². The summed E-state index contributed by atoms with van der Waals surface area (Å²) in [7, 11) is -2.88. The van der Waals surface area contributed by atoms with E-state index in [9.17, 15) is 8.42 Å². The summed E-state index contributed by atoms with van der Waals surface area (Å²) in [4.78, 5) is 2.45. The lowest BCUT2D eigenvalue weighted by molar-refractivity contribution is 0.229. The van der Waals surface area contributed by atoms with Gasteiger partial charge in [0, 0.05) is 25.9 Å². The molecule has 0 aliphatic carbocycles. The van der Waals surface area contributed by atoms with Crippen molar-refractivity contribution in [2.45, 2.75) is 31.4 Å². The van der Waals surface area contributed by atoms with Gasteiger partial charge in [-0.1, -0.05) is 6.42 Å². The van der Waals surface area contributed by atoms with Crippen molar-refractivity contribution in [1.29, 1.82) is 0 Å². The van der Waals surface area contributed by atoms with E-state index in [1.54, 1.807) is 6.92 Å². The van der Waals surface area contributed by atoms with Gasteiger partial charge in [0.25, 0.3) is 0 Å². The molecule has 1 saturated heterocycles. The van der Waals surface area contributed by atoms with Gasteiger partial charge in [0.05, 0.1) is 5.25 Å². The van der Waals surface area contributed by atoms with Crippen molar-refractivity contribution in [2.24, 2.45) is 0 Å². The van der Waals surface area contributed by atoms with Crippen molar-refractivity contribution in [3.8, 4) is 0 Å². The fraction of sp³-hybridized carbons (Fsp3) is 1.00. The minimum Gasteiger partial charge on any atom is -0.314 e. The Morgan fingerprint density at radius 3 is 2.44 bits per heavy atom. The SMILES string of the molecule is CC(CNCCN1CCCCC1)S(C)(=O)=O. The molecule has 0 bridgehead atoms. The average Bonchev–Trinajstić information content (AvgIpc) is 2.24. The molecule has 0 spiro atoms. The first-order chi connectivity index (χ1) is 7.50. The van der Waals surface area contributed by atoms with Crippen molar-refractivity contribution in [1.82, 2.24) is 10.2 Å². The molecule has 0 saturated carbocycles. The van der Waals surface area contributed by atoms with Gasteiger partial charge in [-0.25, -0.2) is 8.42 Å². The van der Waals surface area contributed by atoms with Crippen molar-refractivity contribution < 1.29 is 8.42 Å². The van der Waals surface area contributed by atoms with Gasteiger partial charge in [-0.05, 0) is 32.9 Å². The van der Waals surface area contributed by atoms with E-state index >= 15 is 0 Å². The zero-order valence-corrected chi connectivity index (χ0v) is 11.2. The Labute approximate surface area is 99.3 Å². The maximum absolute atomic E-state index is 11.2. The molecular weight excluding hydrogens is 224 g/mol. The largest absolute Gasteiger partial charge is 0.314 e. The molecule has 0 aromatic carbocycles. The van der Waals surface area contributed by atoms with E-state index in [1.807, 2.05) is 0 Å². The van der Waals surface area contributed by atoms with E-state index in [1.165, 1.54) is 38.6 Å². The Kier molecular flexibility index (Phi) is 5.72. The van der Waals surface area contributed by atoms with Crippen LogP contribution in [0.4, 0.5) is 0 Å². The third-order valence-corrected chi connectivity index (χ3v) is 4.84. The number of likely N-dealkylation sites (tertiary alicyclic amines) is 1. The van der Waals surface area contributed by atoms with Crippen LogP contribution in [0.5, 0.6) is 0 Å². The van der Waals surface area contributed by atoms with Gasteiger partial charge in [0.2, 0.25) is 0 Å². The van der Waals surface area contributed by atoms with Crippen LogP contribution in [0.15, 0.2) is 0 Å². The molecule has 1 rings (SSSR count). The molecule has 1 unspecified atom stereocenters. The molecule has 1 fully saturated rings. The van der Waals surface area contributed by atoms with Crippen LogP contribution in [0.1, 0.15) is 26.2 Å². The van der Waals surface area contributed by atoms with E-state index < -0.39 is 9.84 Å². The summed E-state index contributed by atoms with van der Waals surface area (Å²) in [5.41, 5.74) is 0. The van der Waals surface area contributed by atoms with E-state index in [4.69, 9.17) is 0 Å². The normalized spacial score (nSPS) is 20.9. The summed E-state index contributed by atoms with van der Waals surface area (Å²) < 4.78 is 22.4. The number of nitrogens with zero attached hydrogens (tertiary/aromatic N) is 1. The molecule has 5 heteroatoms.